The largest absolute Gasteiger partial charge is 0.496 e. The molecule has 3 amide bonds. The van der Waals surface area contributed by atoms with Gasteiger partial charge in [0.2, 0.25) is 11.8 Å². The molecule has 0 bridgehead atoms. The summed E-state index contributed by atoms with van der Waals surface area (Å²) in [6.07, 6.45) is 4.86. The molecule has 190 valence electrons. The Hall–Kier alpha value is -3.32. The standard InChI is InChI=1S/C26H33N5O4Si/c1-35-23-8-4-7-20-19(23)13-21(30-20)26(34)31-16-36(10-2-3-11-36)15-22(31)25(33)29-18(14-27)12-17-6-5-9-28-24(17)32/h4,7-8,13,17-18,22,30H,2-3,5-6,9-12,15-16H2,1H3,(H,28,32)(H,29,33)/t17-,18-,22-/m0/s1. The molecule has 3 saturated heterocycles. The smallest absolute Gasteiger partial charge is 0.270 e. The monoisotopic (exact) mass is 507 g/mol. The first-order valence-corrected chi connectivity index (χ1v) is 15.7. The number of H-pyrrole nitrogens is 1. The maximum absolute atomic E-state index is 13.8. The number of nitrogens with one attached hydrogen (secondary N) is 3. The van der Waals surface area contributed by atoms with Gasteiger partial charge in [-0.15, -0.1) is 0 Å². The first-order chi connectivity index (χ1) is 17.4. The number of ether oxygens (including phenoxy) is 1. The van der Waals surface area contributed by atoms with Gasteiger partial charge in [0.05, 0.1) is 21.3 Å². The van der Waals surface area contributed by atoms with E-state index >= 15 is 0 Å². The summed E-state index contributed by atoms with van der Waals surface area (Å²) >= 11 is 0. The van der Waals surface area contributed by atoms with E-state index < -0.39 is 20.2 Å². The van der Waals surface area contributed by atoms with Crippen molar-refractivity contribution in [3.05, 3.63) is 30.0 Å². The number of carbonyl (C=O) groups excluding carboxylic acids is 3. The second-order valence-corrected chi connectivity index (χ2v) is 15.2. The van der Waals surface area contributed by atoms with Gasteiger partial charge >= 0.3 is 0 Å². The molecule has 0 radical (unpaired) electrons. The van der Waals surface area contributed by atoms with E-state index in [-0.39, 0.29) is 23.6 Å². The second kappa shape index (κ2) is 9.97. The molecule has 1 aromatic heterocycles. The number of amides is 3. The molecule has 9 nitrogen and oxygen atoms in total. The summed E-state index contributed by atoms with van der Waals surface area (Å²) in [5, 5.41) is 16.3. The Labute approximate surface area is 211 Å². The van der Waals surface area contributed by atoms with Crippen LogP contribution in [0.5, 0.6) is 5.75 Å². The zero-order valence-electron chi connectivity index (χ0n) is 20.6. The molecule has 5 rings (SSSR count). The van der Waals surface area contributed by atoms with Gasteiger partial charge in [-0.05, 0) is 43.5 Å². The molecule has 3 aliphatic rings. The number of hydrogen-bond donors (Lipinski definition) is 3. The topological polar surface area (TPSA) is 127 Å². The molecule has 4 heterocycles. The molecule has 36 heavy (non-hydrogen) atoms. The van der Waals surface area contributed by atoms with Crippen molar-refractivity contribution >= 4 is 36.7 Å². The summed E-state index contributed by atoms with van der Waals surface area (Å²) in [7, 11) is -0.167. The van der Waals surface area contributed by atoms with Crippen LogP contribution in [0.15, 0.2) is 24.3 Å². The van der Waals surface area contributed by atoms with Crippen LogP contribution in [0.1, 0.15) is 42.6 Å². The highest BCUT2D eigenvalue weighted by atomic mass is 28.3. The number of hydrogen-bond acceptors (Lipinski definition) is 5. The number of aromatic nitrogens is 1. The van der Waals surface area contributed by atoms with Crippen LogP contribution in [0, 0.1) is 17.2 Å². The normalized spacial score (nSPS) is 23.9. The summed E-state index contributed by atoms with van der Waals surface area (Å²) in [6.45, 7) is 0.657. The van der Waals surface area contributed by atoms with Crippen LogP contribution in [0.25, 0.3) is 10.9 Å². The summed E-state index contributed by atoms with van der Waals surface area (Å²) in [6, 6.07) is 11.2. The minimum atomic E-state index is -1.77. The predicted octanol–water partition coefficient (Wildman–Crippen LogP) is 2.71. The van der Waals surface area contributed by atoms with E-state index in [9.17, 15) is 19.6 Å². The Bertz CT molecular complexity index is 1210. The number of aromatic amines is 1. The van der Waals surface area contributed by atoms with Crippen molar-refractivity contribution in [3.63, 3.8) is 0 Å². The van der Waals surface area contributed by atoms with Gasteiger partial charge in [0.1, 0.15) is 23.5 Å². The van der Waals surface area contributed by atoms with Gasteiger partial charge in [-0.3, -0.25) is 14.4 Å². The van der Waals surface area contributed by atoms with E-state index in [1.54, 1.807) is 18.1 Å². The molecule has 1 spiro atoms. The van der Waals surface area contributed by atoms with Gasteiger partial charge in [-0.2, -0.15) is 5.26 Å². The molecule has 3 aliphatic heterocycles. The molecular weight excluding hydrogens is 474 g/mol. The first kappa shape index (κ1) is 24.4. The summed E-state index contributed by atoms with van der Waals surface area (Å²) < 4.78 is 5.45. The Morgan fingerprint density at radius 3 is 2.83 bits per heavy atom. The molecular formula is C26H33N5O4Si. The van der Waals surface area contributed by atoms with E-state index in [1.807, 2.05) is 18.2 Å². The van der Waals surface area contributed by atoms with Crippen LogP contribution >= 0.6 is 0 Å². The molecule has 3 atom stereocenters. The minimum Gasteiger partial charge on any atom is -0.496 e. The molecule has 0 unspecified atom stereocenters. The lowest BCUT2D eigenvalue weighted by atomic mass is 9.92. The lowest BCUT2D eigenvalue weighted by molar-refractivity contribution is -0.128. The van der Waals surface area contributed by atoms with E-state index in [0.29, 0.717) is 37.0 Å². The molecule has 0 saturated carbocycles. The van der Waals surface area contributed by atoms with Crippen molar-refractivity contribution < 1.29 is 19.1 Å². The van der Waals surface area contributed by atoms with E-state index in [0.717, 1.165) is 48.3 Å². The number of carbonyl (C=O) groups is 3. The third-order valence-corrected chi connectivity index (χ3v) is 13.3. The van der Waals surface area contributed by atoms with Crippen molar-refractivity contribution in [1.82, 2.24) is 20.5 Å². The maximum Gasteiger partial charge on any atom is 0.270 e. The van der Waals surface area contributed by atoms with Crippen molar-refractivity contribution in [2.45, 2.75) is 62.3 Å². The fourth-order valence-corrected chi connectivity index (χ4v) is 11.7. The maximum atomic E-state index is 13.8. The highest BCUT2D eigenvalue weighted by molar-refractivity contribution is 6.82. The highest BCUT2D eigenvalue weighted by Gasteiger charge is 2.51. The van der Waals surface area contributed by atoms with Crippen molar-refractivity contribution in [1.29, 1.82) is 5.26 Å². The zero-order chi connectivity index (χ0) is 25.3. The van der Waals surface area contributed by atoms with Crippen LogP contribution in [0.4, 0.5) is 0 Å². The average molecular weight is 508 g/mol. The third kappa shape index (κ3) is 4.60. The number of methoxy groups -OCH3 is 1. The Kier molecular flexibility index (Phi) is 6.75. The number of nitriles is 1. The Morgan fingerprint density at radius 1 is 1.31 bits per heavy atom. The summed E-state index contributed by atoms with van der Waals surface area (Å²) in [5.41, 5.74) is 1.24. The van der Waals surface area contributed by atoms with Crippen LogP contribution in [-0.4, -0.2) is 67.6 Å². The highest BCUT2D eigenvalue weighted by Crippen LogP contribution is 2.41. The van der Waals surface area contributed by atoms with Gasteiger partial charge < -0.3 is 25.3 Å². The zero-order valence-corrected chi connectivity index (χ0v) is 21.6. The van der Waals surface area contributed by atoms with Gasteiger partial charge in [-0.1, -0.05) is 31.0 Å². The number of rotatable bonds is 6. The predicted molar refractivity (Wildman–Crippen MR) is 137 cm³/mol. The molecule has 3 fully saturated rings. The van der Waals surface area contributed by atoms with E-state index in [4.69, 9.17) is 4.74 Å². The van der Waals surface area contributed by atoms with Crippen LogP contribution in [0.2, 0.25) is 18.1 Å². The number of piperidine rings is 1. The van der Waals surface area contributed by atoms with Crippen LogP contribution in [-0.2, 0) is 9.59 Å². The first-order valence-electron chi connectivity index (χ1n) is 12.9. The number of fused-ring (bicyclic) bond motifs is 1. The van der Waals surface area contributed by atoms with Gasteiger partial charge in [0.15, 0.2) is 0 Å². The average Bonchev–Trinajstić information content (AvgIpc) is 3.63. The Balaban J connectivity index is 1.37. The number of benzene rings is 1. The molecule has 2 aromatic rings. The van der Waals surface area contributed by atoms with E-state index in [1.165, 1.54) is 0 Å². The number of nitrogens with zero attached hydrogens (tertiary/aromatic N) is 2. The Morgan fingerprint density at radius 2 is 2.11 bits per heavy atom. The fourth-order valence-electron chi connectivity index (χ4n) is 6.32. The van der Waals surface area contributed by atoms with Gasteiger partial charge in [-0.25, -0.2) is 0 Å². The third-order valence-electron chi connectivity index (χ3n) is 8.20. The van der Waals surface area contributed by atoms with Gasteiger partial charge in [0.25, 0.3) is 5.91 Å². The summed E-state index contributed by atoms with van der Waals surface area (Å²) in [4.78, 5) is 44.4. The second-order valence-electron chi connectivity index (χ2n) is 10.5. The van der Waals surface area contributed by atoms with E-state index in [2.05, 4.69) is 21.7 Å². The van der Waals surface area contributed by atoms with Crippen molar-refractivity contribution in [3.8, 4) is 11.8 Å². The minimum absolute atomic E-state index is 0.0556. The molecule has 1 aromatic carbocycles. The molecule has 0 aliphatic carbocycles. The lowest BCUT2D eigenvalue weighted by Crippen LogP contribution is -2.49. The van der Waals surface area contributed by atoms with Crippen LogP contribution < -0.4 is 15.4 Å². The fraction of sp³-hybridized carbons (Fsp3) is 0.538. The molecule has 10 heteroatoms. The van der Waals surface area contributed by atoms with Crippen molar-refractivity contribution in [2.75, 3.05) is 19.8 Å². The van der Waals surface area contributed by atoms with Crippen LogP contribution in [0.3, 0.4) is 0 Å². The van der Waals surface area contributed by atoms with Gasteiger partial charge in [0, 0.05) is 29.5 Å². The van der Waals surface area contributed by atoms with Crippen molar-refractivity contribution in [2.24, 2.45) is 5.92 Å². The lowest BCUT2D eigenvalue weighted by Gasteiger charge is -2.27. The summed E-state index contributed by atoms with van der Waals surface area (Å²) in [5.74, 6) is -0.119. The quantitative estimate of drug-likeness (QED) is 0.518. The SMILES string of the molecule is COc1cccc2[nH]c(C(=O)N3C[Si]4(CCCC4)C[C@H]3C(=O)N[C@H](C#N)C[C@@H]3CCCNC3=O)cc12. The molecule has 3 N–H and O–H groups in total.